The predicted molar refractivity (Wildman–Crippen MR) is 45.8 cm³/mol. The number of alkyl halides is 3. The first kappa shape index (κ1) is 13.7. The van der Waals surface area contributed by atoms with E-state index in [-0.39, 0.29) is 19.2 Å². The molecule has 0 aromatic rings. The Morgan fingerprint density at radius 3 is 2.50 bits per heavy atom. The SMILES string of the molecule is CCC(CCO)NCCOC(F)(F)F. The van der Waals surface area contributed by atoms with Gasteiger partial charge in [0.2, 0.25) is 0 Å². The van der Waals surface area contributed by atoms with Crippen LogP contribution in [-0.2, 0) is 4.74 Å². The fourth-order valence-corrected chi connectivity index (χ4v) is 1.04. The largest absolute Gasteiger partial charge is 0.522 e. The van der Waals surface area contributed by atoms with Gasteiger partial charge in [0, 0.05) is 19.2 Å². The van der Waals surface area contributed by atoms with Gasteiger partial charge in [-0.15, -0.1) is 13.2 Å². The molecule has 0 aromatic heterocycles. The summed E-state index contributed by atoms with van der Waals surface area (Å²) in [7, 11) is 0. The van der Waals surface area contributed by atoms with Crippen LogP contribution in [0.15, 0.2) is 0 Å². The minimum atomic E-state index is -4.56. The van der Waals surface area contributed by atoms with E-state index in [4.69, 9.17) is 5.11 Å². The molecule has 14 heavy (non-hydrogen) atoms. The lowest BCUT2D eigenvalue weighted by Crippen LogP contribution is -2.33. The highest BCUT2D eigenvalue weighted by molar-refractivity contribution is 4.63. The highest BCUT2D eigenvalue weighted by atomic mass is 19.4. The molecular weight excluding hydrogens is 199 g/mol. The number of halogens is 3. The molecule has 2 N–H and O–H groups in total. The average molecular weight is 215 g/mol. The van der Waals surface area contributed by atoms with E-state index in [1.54, 1.807) is 0 Å². The lowest BCUT2D eigenvalue weighted by atomic mass is 10.1. The maximum absolute atomic E-state index is 11.5. The van der Waals surface area contributed by atoms with Gasteiger partial charge in [0.25, 0.3) is 0 Å². The zero-order valence-electron chi connectivity index (χ0n) is 8.10. The summed E-state index contributed by atoms with van der Waals surface area (Å²) in [6, 6.07) is 0.0526. The molecule has 0 fully saturated rings. The Morgan fingerprint density at radius 2 is 2.07 bits per heavy atom. The van der Waals surface area contributed by atoms with Crippen molar-refractivity contribution in [3.05, 3.63) is 0 Å². The van der Waals surface area contributed by atoms with Crippen molar-refractivity contribution >= 4 is 0 Å². The predicted octanol–water partition coefficient (Wildman–Crippen LogP) is 1.27. The summed E-state index contributed by atoms with van der Waals surface area (Å²) in [6.45, 7) is 1.67. The van der Waals surface area contributed by atoms with E-state index in [9.17, 15) is 13.2 Å². The van der Waals surface area contributed by atoms with Crippen LogP contribution in [0.25, 0.3) is 0 Å². The number of aliphatic hydroxyl groups excluding tert-OH is 1. The van der Waals surface area contributed by atoms with Crippen LogP contribution < -0.4 is 5.32 Å². The van der Waals surface area contributed by atoms with E-state index < -0.39 is 13.0 Å². The Bertz CT molecular complexity index is 141. The summed E-state index contributed by atoms with van der Waals surface area (Å²) in [4.78, 5) is 0. The van der Waals surface area contributed by atoms with Gasteiger partial charge >= 0.3 is 6.36 Å². The zero-order chi connectivity index (χ0) is 11.0. The highest BCUT2D eigenvalue weighted by Gasteiger charge is 2.28. The number of aliphatic hydroxyl groups is 1. The minimum absolute atomic E-state index is 0.0334. The van der Waals surface area contributed by atoms with Gasteiger partial charge in [0.05, 0.1) is 6.61 Å². The van der Waals surface area contributed by atoms with E-state index in [2.05, 4.69) is 10.1 Å². The number of rotatable bonds is 7. The van der Waals surface area contributed by atoms with Crippen LogP contribution in [0.5, 0.6) is 0 Å². The highest BCUT2D eigenvalue weighted by Crippen LogP contribution is 2.15. The molecule has 0 heterocycles. The van der Waals surface area contributed by atoms with Gasteiger partial charge in [-0.1, -0.05) is 6.92 Å². The van der Waals surface area contributed by atoms with Gasteiger partial charge in [0.15, 0.2) is 0 Å². The Balaban J connectivity index is 3.42. The molecule has 0 spiro atoms. The molecule has 0 aliphatic rings. The van der Waals surface area contributed by atoms with Crippen molar-refractivity contribution in [3.63, 3.8) is 0 Å². The third-order valence-electron chi connectivity index (χ3n) is 1.77. The van der Waals surface area contributed by atoms with Gasteiger partial charge in [-0.25, -0.2) is 0 Å². The number of hydrogen-bond acceptors (Lipinski definition) is 3. The summed E-state index contributed by atoms with van der Waals surface area (Å²) in [5, 5.41) is 11.5. The molecule has 86 valence electrons. The number of ether oxygens (including phenoxy) is 1. The topological polar surface area (TPSA) is 41.5 Å². The van der Waals surface area contributed by atoms with E-state index in [1.807, 2.05) is 6.92 Å². The Morgan fingerprint density at radius 1 is 1.43 bits per heavy atom. The average Bonchev–Trinajstić information content (AvgIpc) is 2.08. The minimum Gasteiger partial charge on any atom is -0.396 e. The van der Waals surface area contributed by atoms with Crippen molar-refractivity contribution in [2.75, 3.05) is 19.8 Å². The monoisotopic (exact) mass is 215 g/mol. The zero-order valence-corrected chi connectivity index (χ0v) is 8.10. The van der Waals surface area contributed by atoms with Gasteiger partial charge in [0.1, 0.15) is 0 Å². The Hall–Kier alpha value is -0.330. The van der Waals surface area contributed by atoms with Crippen molar-refractivity contribution in [1.82, 2.24) is 5.32 Å². The number of hydrogen-bond donors (Lipinski definition) is 2. The Labute approximate surface area is 81.2 Å². The molecule has 1 atom stereocenters. The first-order valence-corrected chi connectivity index (χ1v) is 4.54. The molecule has 0 aromatic carbocycles. The molecular formula is C8H16F3NO2. The number of nitrogens with one attached hydrogen (secondary N) is 1. The van der Waals surface area contributed by atoms with Crippen LogP contribution >= 0.6 is 0 Å². The molecule has 6 heteroatoms. The molecule has 0 saturated heterocycles. The van der Waals surface area contributed by atoms with E-state index in [1.165, 1.54) is 0 Å². The van der Waals surface area contributed by atoms with Crippen LogP contribution in [0.1, 0.15) is 19.8 Å². The molecule has 3 nitrogen and oxygen atoms in total. The van der Waals surface area contributed by atoms with Crippen LogP contribution in [0.4, 0.5) is 13.2 Å². The van der Waals surface area contributed by atoms with Crippen LogP contribution in [0, 0.1) is 0 Å². The smallest absolute Gasteiger partial charge is 0.396 e. The van der Waals surface area contributed by atoms with E-state index in [0.717, 1.165) is 6.42 Å². The second-order valence-corrected chi connectivity index (χ2v) is 2.87. The summed E-state index contributed by atoms with van der Waals surface area (Å²) >= 11 is 0. The van der Waals surface area contributed by atoms with Gasteiger partial charge < -0.3 is 10.4 Å². The first-order valence-electron chi connectivity index (χ1n) is 4.54. The summed E-state index contributed by atoms with van der Waals surface area (Å²) in [6.07, 6.45) is -3.24. The molecule has 0 aliphatic heterocycles. The Kier molecular flexibility index (Phi) is 6.86. The standard InChI is InChI=1S/C8H16F3NO2/c1-2-7(3-5-13)12-4-6-14-8(9,10)11/h7,12-13H,2-6H2,1H3. The molecule has 0 radical (unpaired) electrons. The summed E-state index contributed by atoms with van der Waals surface area (Å²) in [5.41, 5.74) is 0. The fourth-order valence-electron chi connectivity index (χ4n) is 1.04. The van der Waals surface area contributed by atoms with E-state index >= 15 is 0 Å². The molecule has 0 saturated carbocycles. The first-order chi connectivity index (χ1) is 6.49. The van der Waals surface area contributed by atoms with Crippen molar-refractivity contribution < 1.29 is 23.0 Å². The fraction of sp³-hybridized carbons (Fsp3) is 1.00. The van der Waals surface area contributed by atoms with Gasteiger partial charge in [-0.3, -0.25) is 4.74 Å². The van der Waals surface area contributed by atoms with Gasteiger partial charge in [-0.05, 0) is 12.8 Å². The maximum atomic E-state index is 11.5. The lowest BCUT2D eigenvalue weighted by molar-refractivity contribution is -0.323. The summed E-state index contributed by atoms with van der Waals surface area (Å²) in [5.74, 6) is 0. The second kappa shape index (κ2) is 7.03. The van der Waals surface area contributed by atoms with Crippen LogP contribution in [-0.4, -0.2) is 37.3 Å². The maximum Gasteiger partial charge on any atom is 0.522 e. The van der Waals surface area contributed by atoms with Crippen molar-refractivity contribution in [2.45, 2.75) is 32.2 Å². The third-order valence-corrected chi connectivity index (χ3v) is 1.77. The molecule has 0 aliphatic carbocycles. The summed E-state index contributed by atoms with van der Waals surface area (Å²) < 4.78 is 38.1. The molecule has 0 bridgehead atoms. The van der Waals surface area contributed by atoms with Gasteiger partial charge in [-0.2, -0.15) is 0 Å². The molecule has 0 amide bonds. The molecule has 1 unspecified atom stereocenters. The van der Waals surface area contributed by atoms with E-state index in [0.29, 0.717) is 6.42 Å². The van der Waals surface area contributed by atoms with Crippen LogP contribution in [0.2, 0.25) is 0 Å². The second-order valence-electron chi connectivity index (χ2n) is 2.87. The lowest BCUT2D eigenvalue weighted by Gasteiger charge is -2.15. The third kappa shape index (κ3) is 8.28. The normalized spacial score (nSPS) is 14.4. The molecule has 0 rings (SSSR count). The van der Waals surface area contributed by atoms with Crippen molar-refractivity contribution in [1.29, 1.82) is 0 Å². The van der Waals surface area contributed by atoms with Crippen LogP contribution in [0.3, 0.4) is 0 Å². The van der Waals surface area contributed by atoms with Crippen molar-refractivity contribution in [3.8, 4) is 0 Å². The van der Waals surface area contributed by atoms with Crippen molar-refractivity contribution in [2.24, 2.45) is 0 Å². The quantitative estimate of drug-likeness (QED) is 0.628.